The van der Waals surface area contributed by atoms with Crippen LogP contribution < -0.4 is 4.90 Å². The van der Waals surface area contributed by atoms with Gasteiger partial charge in [-0.2, -0.15) is 0 Å². The fourth-order valence-electron chi connectivity index (χ4n) is 2.23. The van der Waals surface area contributed by atoms with Crippen molar-refractivity contribution >= 4 is 5.69 Å². The summed E-state index contributed by atoms with van der Waals surface area (Å²) in [5.41, 5.74) is 10.1. The van der Waals surface area contributed by atoms with Crippen LogP contribution in [0.25, 0.3) is 10.4 Å². The Morgan fingerprint density at radius 3 is 2.76 bits per heavy atom. The summed E-state index contributed by atoms with van der Waals surface area (Å²) in [5.74, 6) is -0.283. The minimum atomic E-state index is -0.283. The van der Waals surface area contributed by atoms with Crippen molar-refractivity contribution < 1.29 is 4.39 Å². The van der Waals surface area contributed by atoms with E-state index in [0.29, 0.717) is 0 Å². The zero-order valence-electron chi connectivity index (χ0n) is 9.64. The van der Waals surface area contributed by atoms with Crippen molar-refractivity contribution in [2.45, 2.75) is 25.8 Å². The highest BCUT2D eigenvalue weighted by atomic mass is 19.1. The van der Waals surface area contributed by atoms with Gasteiger partial charge in [-0.3, -0.25) is 0 Å². The van der Waals surface area contributed by atoms with Gasteiger partial charge in [-0.25, -0.2) is 4.39 Å². The number of piperidine rings is 1. The molecule has 1 heterocycles. The van der Waals surface area contributed by atoms with Gasteiger partial charge in [0.15, 0.2) is 0 Å². The van der Waals surface area contributed by atoms with Crippen LogP contribution in [0.4, 0.5) is 10.1 Å². The molecule has 1 saturated heterocycles. The number of halogens is 1. The predicted octanol–water partition coefficient (Wildman–Crippen LogP) is 3.63. The van der Waals surface area contributed by atoms with Crippen molar-refractivity contribution in [3.8, 4) is 0 Å². The van der Waals surface area contributed by atoms with Crippen molar-refractivity contribution in [2.75, 3.05) is 18.0 Å². The third-order valence-corrected chi connectivity index (χ3v) is 3.04. The first-order chi connectivity index (χ1) is 8.31. The highest BCUT2D eigenvalue weighted by Crippen LogP contribution is 2.25. The first-order valence-corrected chi connectivity index (χ1v) is 5.85. The van der Waals surface area contributed by atoms with Gasteiger partial charge in [0.2, 0.25) is 0 Å². The van der Waals surface area contributed by atoms with E-state index in [0.717, 1.165) is 24.3 Å². The Balaban J connectivity index is 2.27. The molecule has 1 aromatic carbocycles. The van der Waals surface area contributed by atoms with Crippen molar-refractivity contribution in [1.82, 2.24) is 0 Å². The van der Waals surface area contributed by atoms with Gasteiger partial charge in [0, 0.05) is 23.7 Å². The lowest BCUT2D eigenvalue weighted by Crippen LogP contribution is -2.30. The van der Waals surface area contributed by atoms with E-state index in [-0.39, 0.29) is 12.4 Å². The van der Waals surface area contributed by atoms with E-state index >= 15 is 0 Å². The number of benzene rings is 1. The van der Waals surface area contributed by atoms with Gasteiger partial charge < -0.3 is 4.90 Å². The molecule has 4 nitrogen and oxygen atoms in total. The van der Waals surface area contributed by atoms with Gasteiger partial charge in [-0.15, -0.1) is 0 Å². The SMILES string of the molecule is [N-]=[N+]=NCc1cc(F)ccc1N1CCCCC1. The van der Waals surface area contributed by atoms with Gasteiger partial charge in [-0.05, 0) is 48.6 Å². The second-order valence-electron chi connectivity index (χ2n) is 4.21. The second kappa shape index (κ2) is 5.55. The van der Waals surface area contributed by atoms with E-state index in [2.05, 4.69) is 14.9 Å². The van der Waals surface area contributed by atoms with Crippen LogP contribution in [0.5, 0.6) is 0 Å². The summed E-state index contributed by atoms with van der Waals surface area (Å²) < 4.78 is 13.2. The quantitative estimate of drug-likeness (QED) is 0.447. The minimum absolute atomic E-state index is 0.208. The third-order valence-electron chi connectivity index (χ3n) is 3.04. The molecule has 90 valence electrons. The number of hydrogen-bond donors (Lipinski definition) is 0. The van der Waals surface area contributed by atoms with Gasteiger partial charge in [0.05, 0.1) is 6.54 Å². The number of nitrogens with zero attached hydrogens (tertiary/aromatic N) is 4. The summed E-state index contributed by atoms with van der Waals surface area (Å²) in [6.45, 7) is 2.20. The maximum absolute atomic E-state index is 13.2. The van der Waals surface area contributed by atoms with E-state index in [4.69, 9.17) is 5.53 Å². The van der Waals surface area contributed by atoms with Gasteiger partial charge in [-0.1, -0.05) is 5.11 Å². The van der Waals surface area contributed by atoms with Crippen LogP contribution in [0.2, 0.25) is 0 Å². The molecule has 0 aliphatic carbocycles. The summed E-state index contributed by atoms with van der Waals surface area (Å²) in [6.07, 6.45) is 3.58. The summed E-state index contributed by atoms with van der Waals surface area (Å²) in [6, 6.07) is 4.70. The van der Waals surface area contributed by atoms with Crippen LogP contribution in [0.3, 0.4) is 0 Å². The van der Waals surface area contributed by atoms with Crippen LogP contribution in [0.15, 0.2) is 23.3 Å². The largest absolute Gasteiger partial charge is 0.371 e. The minimum Gasteiger partial charge on any atom is -0.371 e. The topological polar surface area (TPSA) is 52.0 Å². The molecular weight excluding hydrogens is 219 g/mol. The molecule has 5 heteroatoms. The molecule has 2 rings (SSSR count). The molecule has 0 saturated carbocycles. The lowest BCUT2D eigenvalue weighted by Gasteiger charge is -2.30. The highest BCUT2D eigenvalue weighted by Gasteiger charge is 2.14. The Morgan fingerprint density at radius 1 is 1.29 bits per heavy atom. The molecule has 1 aromatic rings. The lowest BCUT2D eigenvalue weighted by atomic mass is 10.1. The molecule has 1 aliphatic heterocycles. The van der Waals surface area contributed by atoms with Gasteiger partial charge in [0.25, 0.3) is 0 Å². The van der Waals surface area contributed by atoms with Crippen LogP contribution in [-0.4, -0.2) is 13.1 Å². The smallest absolute Gasteiger partial charge is 0.123 e. The molecule has 0 N–H and O–H groups in total. The van der Waals surface area contributed by atoms with Crippen LogP contribution in [-0.2, 0) is 6.54 Å². The standard InChI is InChI=1S/C12H15FN4/c13-11-4-5-12(10(8-11)9-15-16-14)17-6-2-1-3-7-17/h4-5,8H,1-3,6-7,9H2. The van der Waals surface area contributed by atoms with E-state index in [1.54, 1.807) is 6.07 Å². The van der Waals surface area contributed by atoms with E-state index < -0.39 is 0 Å². The zero-order chi connectivity index (χ0) is 12.1. The number of anilines is 1. The monoisotopic (exact) mass is 234 g/mol. The molecule has 0 aromatic heterocycles. The number of rotatable bonds is 3. The summed E-state index contributed by atoms with van der Waals surface area (Å²) in [5, 5.41) is 3.53. The normalized spacial score (nSPS) is 15.5. The van der Waals surface area contributed by atoms with Crippen molar-refractivity contribution in [1.29, 1.82) is 0 Å². The second-order valence-corrected chi connectivity index (χ2v) is 4.21. The number of hydrogen-bond acceptors (Lipinski definition) is 2. The fraction of sp³-hybridized carbons (Fsp3) is 0.500. The van der Waals surface area contributed by atoms with Crippen molar-refractivity contribution in [3.05, 3.63) is 40.0 Å². The maximum Gasteiger partial charge on any atom is 0.123 e. The maximum atomic E-state index is 13.2. The molecule has 17 heavy (non-hydrogen) atoms. The Morgan fingerprint density at radius 2 is 2.06 bits per heavy atom. The first kappa shape index (κ1) is 11.7. The summed E-state index contributed by atoms with van der Waals surface area (Å²) in [7, 11) is 0. The average Bonchev–Trinajstić information content (AvgIpc) is 2.37. The van der Waals surface area contributed by atoms with Crippen molar-refractivity contribution in [3.63, 3.8) is 0 Å². The molecule has 0 radical (unpaired) electrons. The molecule has 0 unspecified atom stereocenters. The van der Waals surface area contributed by atoms with Crippen LogP contribution >= 0.6 is 0 Å². The summed E-state index contributed by atoms with van der Waals surface area (Å²) >= 11 is 0. The molecule has 0 atom stereocenters. The molecule has 0 amide bonds. The van der Waals surface area contributed by atoms with Crippen molar-refractivity contribution in [2.24, 2.45) is 5.11 Å². The van der Waals surface area contributed by atoms with Gasteiger partial charge in [0.1, 0.15) is 5.82 Å². The fourth-order valence-corrected chi connectivity index (χ4v) is 2.23. The van der Waals surface area contributed by atoms with Gasteiger partial charge >= 0.3 is 0 Å². The Bertz CT molecular complexity index is 434. The van der Waals surface area contributed by atoms with E-state index in [1.165, 1.54) is 31.4 Å². The molecular formula is C12H15FN4. The molecule has 1 aliphatic rings. The molecule has 0 spiro atoms. The lowest BCUT2D eigenvalue weighted by molar-refractivity contribution is 0.574. The molecule has 0 bridgehead atoms. The molecule has 1 fully saturated rings. The highest BCUT2D eigenvalue weighted by molar-refractivity contribution is 5.54. The van der Waals surface area contributed by atoms with E-state index in [1.807, 2.05) is 0 Å². The Kier molecular flexibility index (Phi) is 3.83. The first-order valence-electron chi connectivity index (χ1n) is 5.85. The zero-order valence-corrected chi connectivity index (χ0v) is 9.64. The third kappa shape index (κ3) is 2.88. The summed E-state index contributed by atoms with van der Waals surface area (Å²) in [4.78, 5) is 4.97. The van der Waals surface area contributed by atoms with Crippen LogP contribution in [0, 0.1) is 5.82 Å². The van der Waals surface area contributed by atoms with E-state index in [9.17, 15) is 4.39 Å². The number of azide groups is 1. The Labute approximate surface area is 99.7 Å². The Hall–Kier alpha value is -1.74. The predicted molar refractivity (Wildman–Crippen MR) is 65.3 cm³/mol. The van der Waals surface area contributed by atoms with Crippen LogP contribution in [0.1, 0.15) is 24.8 Å². The average molecular weight is 234 g/mol.